The van der Waals surface area contributed by atoms with E-state index in [1.165, 1.54) is 19.5 Å². The molecule has 4 nitrogen and oxygen atoms in total. The summed E-state index contributed by atoms with van der Waals surface area (Å²) in [5, 5.41) is 0. The minimum absolute atomic E-state index is 0.693. The highest BCUT2D eigenvalue weighted by Gasteiger charge is 2.15. The monoisotopic (exact) mass is 244 g/mol. The van der Waals surface area contributed by atoms with E-state index < -0.39 is 0 Å². The Hall–Kier alpha value is -0.610. The molecule has 0 bridgehead atoms. The quantitative estimate of drug-likeness (QED) is 0.692. The summed E-state index contributed by atoms with van der Waals surface area (Å²) >= 11 is 0. The Balaban J connectivity index is 0.000000265. The fourth-order valence-corrected chi connectivity index (χ4v) is 1.54. The number of amides is 1. The van der Waals surface area contributed by atoms with Crippen molar-refractivity contribution in [2.45, 2.75) is 40.2 Å². The van der Waals surface area contributed by atoms with Crippen molar-refractivity contribution in [2.75, 3.05) is 39.4 Å². The van der Waals surface area contributed by atoms with Crippen LogP contribution in [0.2, 0.25) is 0 Å². The molecule has 4 heteroatoms. The molecule has 2 fully saturated rings. The molecule has 102 valence electrons. The lowest BCUT2D eigenvalue weighted by Crippen LogP contribution is -2.41. The second kappa shape index (κ2) is 10.5. The third kappa shape index (κ3) is 7.34. The fourth-order valence-electron chi connectivity index (χ4n) is 1.54. The standard InChI is InChI=1S/C6H13N.C5H9NO2.C2H6/c1-6(2)7-4-3-5-7;7-5-6-1-3-8-4-2-6;1-2/h6H,3-5H2,1-2H3;5H,1-4H2;1-2H3. The van der Waals surface area contributed by atoms with Crippen LogP contribution in [0.1, 0.15) is 34.1 Å². The van der Waals surface area contributed by atoms with Crippen LogP contribution in [-0.4, -0.2) is 61.6 Å². The van der Waals surface area contributed by atoms with Crippen LogP contribution in [0.15, 0.2) is 0 Å². The summed E-state index contributed by atoms with van der Waals surface area (Å²) in [7, 11) is 0. The summed E-state index contributed by atoms with van der Waals surface area (Å²) in [6, 6.07) is 0.786. The Labute approximate surface area is 106 Å². The van der Waals surface area contributed by atoms with Crippen molar-refractivity contribution in [3.8, 4) is 0 Å². The first kappa shape index (κ1) is 16.4. The molecule has 0 atom stereocenters. The van der Waals surface area contributed by atoms with Gasteiger partial charge in [0, 0.05) is 19.1 Å². The smallest absolute Gasteiger partial charge is 0.209 e. The van der Waals surface area contributed by atoms with Gasteiger partial charge in [-0.1, -0.05) is 13.8 Å². The van der Waals surface area contributed by atoms with Crippen molar-refractivity contribution in [1.29, 1.82) is 0 Å². The van der Waals surface area contributed by atoms with Crippen LogP contribution in [0.25, 0.3) is 0 Å². The molecular formula is C13H28N2O2. The number of hydrogen-bond donors (Lipinski definition) is 0. The van der Waals surface area contributed by atoms with Crippen LogP contribution in [0.4, 0.5) is 0 Å². The van der Waals surface area contributed by atoms with Gasteiger partial charge in [-0.15, -0.1) is 0 Å². The highest BCUT2D eigenvalue weighted by molar-refractivity contribution is 5.46. The number of likely N-dealkylation sites (tertiary alicyclic amines) is 1. The molecule has 0 spiro atoms. The zero-order valence-corrected chi connectivity index (χ0v) is 11.8. The zero-order valence-electron chi connectivity index (χ0n) is 11.8. The maximum Gasteiger partial charge on any atom is 0.209 e. The van der Waals surface area contributed by atoms with Crippen molar-refractivity contribution >= 4 is 6.41 Å². The molecule has 0 aromatic rings. The average Bonchev–Trinajstić information content (AvgIpc) is 2.31. The minimum atomic E-state index is 0.693. The number of morpholine rings is 1. The third-order valence-electron chi connectivity index (χ3n) is 2.82. The molecule has 0 N–H and O–H groups in total. The van der Waals surface area contributed by atoms with E-state index in [4.69, 9.17) is 4.74 Å². The molecule has 2 aliphatic heterocycles. The third-order valence-corrected chi connectivity index (χ3v) is 2.82. The van der Waals surface area contributed by atoms with Crippen molar-refractivity contribution in [2.24, 2.45) is 0 Å². The maximum atomic E-state index is 10.0. The van der Waals surface area contributed by atoms with Gasteiger partial charge < -0.3 is 14.5 Å². The average molecular weight is 244 g/mol. The predicted octanol–water partition coefficient (Wildman–Crippen LogP) is 1.60. The second-order valence-electron chi connectivity index (χ2n) is 4.24. The summed E-state index contributed by atoms with van der Waals surface area (Å²) < 4.78 is 5.00. The fraction of sp³-hybridized carbons (Fsp3) is 0.923. The molecule has 1 amide bonds. The molecule has 2 rings (SSSR count). The van der Waals surface area contributed by atoms with E-state index in [0.717, 1.165) is 25.5 Å². The van der Waals surface area contributed by atoms with Gasteiger partial charge in [0.2, 0.25) is 6.41 Å². The molecule has 0 radical (unpaired) electrons. The maximum absolute atomic E-state index is 10.0. The van der Waals surface area contributed by atoms with Gasteiger partial charge in [0.15, 0.2) is 0 Å². The molecule has 0 unspecified atom stereocenters. The topological polar surface area (TPSA) is 32.8 Å². The van der Waals surface area contributed by atoms with E-state index in [2.05, 4.69) is 18.7 Å². The van der Waals surface area contributed by atoms with Crippen LogP contribution >= 0.6 is 0 Å². The second-order valence-corrected chi connectivity index (χ2v) is 4.24. The summed E-state index contributed by atoms with van der Waals surface area (Å²) in [4.78, 5) is 14.2. The van der Waals surface area contributed by atoms with Gasteiger partial charge >= 0.3 is 0 Å². The number of nitrogens with zero attached hydrogens (tertiary/aromatic N) is 2. The largest absolute Gasteiger partial charge is 0.378 e. The number of rotatable bonds is 2. The van der Waals surface area contributed by atoms with Crippen LogP contribution in [-0.2, 0) is 9.53 Å². The predicted molar refractivity (Wildman–Crippen MR) is 71.1 cm³/mol. The molecule has 2 heterocycles. The van der Waals surface area contributed by atoms with E-state index >= 15 is 0 Å². The van der Waals surface area contributed by atoms with E-state index in [9.17, 15) is 4.79 Å². The molecule has 2 saturated heterocycles. The summed E-state index contributed by atoms with van der Waals surface area (Å²) in [6.45, 7) is 14.1. The Morgan fingerprint density at radius 2 is 1.59 bits per heavy atom. The van der Waals surface area contributed by atoms with Gasteiger partial charge in [0.1, 0.15) is 0 Å². The lowest BCUT2D eigenvalue weighted by molar-refractivity contribution is -0.121. The Bertz CT molecular complexity index is 176. The molecule has 0 aromatic carbocycles. The van der Waals surface area contributed by atoms with Gasteiger partial charge in [-0.25, -0.2) is 0 Å². The molecule has 0 saturated carbocycles. The zero-order chi connectivity index (χ0) is 13.1. The molecule has 17 heavy (non-hydrogen) atoms. The summed E-state index contributed by atoms with van der Waals surface area (Å²) in [5.41, 5.74) is 0. The molecular weight excluding hydrogens is 216 g/mol. The normalized spacial score (nSPS) is 19.5. The first-order chi connectivity index (χ1) is 8.24. The van der Waals surface area contributed by atoms with Crippen LogP contribution in [0.5, 0.6) is 0 Å². The Kier molecular flexibility index (Phi) is 10.2. The van der Waals surface area contributed by atoms with Gasteiger partial charge in [-0.2, -0.15) is 0 Å². The van der Waals surface area contributed by atoms with Crippen molar-refractivity contribution in [1.82, 2.24) is 9.80 Å². The van der Waals surface area contributed by atoms with Crippen LogP contribution in [0, 0.1) is 0 Å². The van der Waals surface area contributed by atoms with Gasteiger partial charge in [-0.3, -0.25) is 4.79 Å². The van der Waals surface area contributed by atoms with E-state index in [-0.39, 0.29) is 0 Å². The van der Waals surface area contributed by atoms with E-state index in [1.807, 2.05) is 13.8 Å². The van der Waals surface area contributed by atoms with E-state index in [1.54, 1.807) is 4.90 Å². The van der Waals surface area contributed by atoms with Crippen molar-refractivity contribution in [3.63, 3.8) is 0 Å². The lowest BCUT2D eigenvalue weighted by Gasteiger charge is -2.34. The van der Waals surface area contributed by atoms with Crippen molar-refractivity contribution in [3.05, 3.63) is 0 Å². The highest BCUT2D eigenvalue weighted by Crippen LogP contribution is 2.08. The van der Waals surface area contributed by atoms with Gasteiger partial charge in [0.25, 0.3) is 0 Å². The van der Waals surface area contributed by atoms with Crippen molar-refractivity contribution < 1.29 is 9.53 Å². The first-order valence-corrected chi connectivity index (χ1v) is 6.75. The van der Waals surface area contributed by atoms with E-state index in [0.29, 0.717) is 13.2 Å². The number of ether oxygens (including phenoxy) is 1. The van der Waals surface area contributed by atoms with Gasteiger partial charge in [-0.05, 0) is 33.4 Å². The number of carbonyl (C=O) groups excluding carboxylic acids is 1. The Morgan fingerprint density at radius 3 is 1.76 bits per heavy atom. The molecule has 0 aliphatic carbocycles. The SMILES string of the molecule is CC.CC(C)N1CCC1.O=CN1CCOCC1. The minimum Gasteiger partial charge on any atom is -0.378 e. The van der Waals surface area contributed by atoms with Crippen LogP contribution in [0.3, 0.4) is 0 Å². The molecule has 0 aromatic heterocycles. The first-order valence-electron chi connectivity index (χ1n) is 6.75. The summed E-state index contributed by atoms with van der Waals surface area (Å²) in [5.74, 6) is 0. The Morgan fingerprint density at radius 1 is 1.06 bits per heavy atom. The summed E-state index contributed by atoms with van der Waals surface area (Å²) in [6.07, 6.45) is 2.28. The molecule has 2 aliphatic rings. The number of carbonyl (C=O) groups is 1. The highest BCUT2D eigenvalue weighted by atomic mass is 16.5. The lowest BCUT2D eigenvalue weighted by atomic mass is 10.2. The number of hydrogen-bond acceptors (Lipinski definition) is 3. The van der Waals surface area contributed by atoms with Gasteiger partial charge in [0.05, 0.1) is 13.2 Å². The van der Waals surface area contributed by atoms with Crippen LogP contribution < -0.4 is 0 Å².